The first-order valence-corrected chi connectivity index (χ1v) is 8.31. The number of nitrogens with zero attached hydrogens (tertiary/aromatic N) is 2. The van der Waals surface area contributed by atoms with Crippen molar-refractivity contribution in [3.63, 3.8) is 0 Å². The van der Waals surface area contributed by atoms with E-state index in [4.69, 9.17) is 0 Å². The number of aliphatic carboxylic acids is 1. The highest BCUT2D eigenvalue weighted by Gasteiger charge is 2.37. The van der Waals surface area contributed by atoms with Crippen molar-refractivity contribution in [1.29, 1.82) is 0 Å². The van der Waals surface area contributed by atoms with Crippen molar-refractivity contribution in [2.75, 3.05) is 32.7 Å². The summed E-state index contributed by atoms with van der Waals surface area (Å²) in [6, 6.07) is 0.804. The summed E-state index contributed by atoms with van der Waals surface area (Å²) in [7, 11) is 0. The van der Waals surface area contributed by atoms with Crippen LogP contribution in [-0.4, -0.2) is 59.6 Å². The van der Waals surface area contributed by atoms with E-state index in [-0.39, 0.29) is 0 Å². The van der Waals surface area contributed by atoms with Crippen molar-refractivity contribution >= 4 is 5.97 Å². The van der Waals surface area contributed by atoms with Crippen LogP contribution in [0.3, 0.4) is 0 Å². The lowest BCUT2D eigenvalue weighted by atomic mass is 9.81. The second-order valence-electron chi connectivity index (χ2n) is 6.54. The molecule has 0 aromatic heterocycles. The summed E-state index contributed by atoms with van der Waals surface area (Å²) < 4.78 is 0. The Morgan fingerprint density at radius 1 is 1.10 bits per heavy atom. The third-order valence-electron chi connectivity index (χ3n) is 5.58. The molecule has 1 saturated carbocycles. The molecule has 116 valence electrons. The van der Waals surface area contributed by atoms with Crippen molar-refractivity contribution in [1.82, 2.24) is 9.80 Å². The van der Waals surface area contributed by atoms with E-state index in [1.165, 1.54) is 25.7 Å². The van der Waals surface area contributed by atoms with Gasteiger partial charge in [-0.15, -0.1) is 0 Å². The molecule has 0 amide bonds. The predicted octanol–water partition coefficient (Wildman–Crippen LogP) is 2.44. The molecule has 0 aromatic carbocycles. The van der Waals surface area contributed by atoms with Gasteiger partial charge in [0.25, 0.3) is 0 Å². The van der Waals surface area contributed by atoms with Crippen LogP contribution in [0, 0.1) is 5.41 Å². The van der Waals surface area contributed by atoms with E-state index in [9.17, 15) is 9.90 Å². The van der Waals surface area contributed by atoms with Gasteiger partial charge >= 0.3 is 5.97 Å². The number of hydrogen-bond acceptors (Lipinski definition) is 3. The van der Waals surface area contributed by atoms with Crippen LogP contribution >= 0.6 is 0 Å². The van der Waals surface area contributed by atoms with Crippen LogP contribution in [0.5, 0.6) is 0 Å². The molecule has 1 N–H and O–H groups in total. The Balaban J connectivity index is 1.85. The summed E-state index contributed by atoms with van der Waals surface area (Å²) in [6.45, 7) is 9.03. The number of rotatable bonds is 6. The molecule has 0 bridgehead atoms. The Labute approximate surface area is 123 Å². The molecule has 4 nitrogen and oxygen atoms in total. The Kier molecular flexibility index (Phi) is 5.44. The van der Waals surface area contributed by atoms with E-state index in [2.05, 4.69) is 9.80 Å². The van der Waals surface area contributed by atoms with E-state index >= 15 is 0 Å². The molecule has 2 aliphatic rings. The van der Waals surface area contributed by atoms with Gasteiger partial charge < -0.3 is 5.11 Å². The Bertz CT molecular complexity index is 314. The molecular weight excluding hydrogens is 252 g/mol. The molecule has 1 saturated heterocycles. The lowest BCUT2D eigenvalue weighted by Gasteiger charge is -2.41. The van der Waals surface area contributed by atoms with Gasteiger partial charge in [-0.25, -0.2) is 0 Å². The molecule has 1 aliphatic carbocycles. The topological polar surface area (TPSA) is 43.8 Å². The Morgan fingerprint density at radius 2 is 1.65 bits per heavy atom. The van der Waals surface area contributed by atoms with Gasteiger partial charge in [0.2, 0.25) is 0 Å². The van der Waals surface area contributed by atoms with Crippen LogP contribution in [0.15, 0.2) is 0 Å². The van der Waals surface area contributed by atoms with Crippen molar-refractivity contribution in [2.24, 2.45) is 5.41 Å². The van der Waals surface area contributed by atoms with Crippen LogP contribution in [0.4, 0.5) is 0 Å². The quantitative estimate of drug-likeness (QED) is 0.812. The minimum absolute atomic E-state index is 0.546. The SMILES string of the molecule is CCC(CC)(CN1CCN(C2CCCC2)CC1)C(=O)O. The summed E-state index contributed by atoms with van der Waals surface area (Å²) in [5.74, 6) is -0.624. The third-order valence-corrected chi connectivity index (χ3v) is 5.58. The average molecular weight is 282 g/mol. The minimum atomic E-state index is -0.624. The highest BCUT2D eigenvalue weighted by Crippen LogP contribution is 2.29. The highest BCUT2D eigenvalue weighted by atomic mass is 16.4. The standard InChI is InChI=1S/C16H30N2O2/c1-3-16(4-2,15(19)20)13-17-9-11-18(12-10-17)14-7-5-6-8-14/h14H,3-13H2,1-2H3,(H,19,20). The number of piperazine rings is 1. The van der Waals surface area contributed by atoms with Crippen molar-refractivity contribution in [2.45, 2.75) is 58.4 Å². The number of carbonyl (C=O) groups is 1. The largest absolute Gasteiger partial charge is 0.481 e. The molecule has 0 unspecified atom stereocenters. The molecule has 2 fully saturated rings. The van der Waals surface area contributed by atoms with E-state index < -0.39 is 11.4 Å². The highest BCUT2D eigenvalue weighted by molar-refractivity contribution is 5.74. The summed E-state index contributed by atoms with van der Waals surface area (Å²) in [6.07, 6.45) is 6.95. The fourth-order valence-corrected chi connectivity index (χ4v) is 3.83. The maximum atomic E-state index is 11.6. The smallest absolute Gasteiger partial charge is 0.310 e. The zero-order valence-corrected chi connectivity index (χ0v) is 13.1. The minimum Gasteiger partial charge on any atom is -0.481 e. The Hall–Kier alpha value is -0.610. The zero-order valence-electron chi connectivity index (χ0n) is 13.1. The summed E-state index contributed by atoms with van der Waals surface area (Å²) in [5, 5.41) is 9.54. The van der Waals surface area contributed by atoms with Gasteiger partial charge in [-0.1, -0.05) is 26.7 Å². The predicted molar refractivity (Wildman–Crippen MR) is 80.9 cm³/mol. The monoisotopic (exact) mass is 282 g/mol. The lowest BCUT2D eigenvalue weighted by molar-refractivity contribution is -0.151. The van der Waals surface area contributed by atoms with Gasteiger partial charge in [-0.3, -0.25) is 14.6 Å². The fraction of sp³-hybridized carbons (Fsp3) is 0.938. The molecule has 1 aliphatic heterocycles. The van der Waals surface area contributed by atoms with Gasteiger partial charge in [0.1, 0.15) is 0 Å². The average Bonchev–Trinajstić information content (AvgIpc) is 2.99. The molecule has 4 heteroatoms. The van der Waals surface area contributed by atoms with E-state index in [0.717, 1.165) is 45.1 Å². The first kappa shape index (κ1) is 15.8. The third kappa shape index (κ3) is 3.34. The number of carboxylic acid groups (broad SMARTS) is 1. The van der Waals surface area contributed by atoms with Crippen LogP contribution in [0.1, 0.15) is 52.4 Å². The molecule has 0 spiro atoms. The maximum Gasteiger partial charge on any atom is 0.310 e. The number of hydrogen-bond donors (Lipinski definition) is 1. The molecule has 0 atom stereocenters. The first-order chi connectivity index (χ1) is 9.61. The molecule has 0 aromatic rings. The van der Waals surface area contributed by atoms with E-state index in [0.29, 0.717) is 6.54 Å². The zero-order chi connectivity index (χ0) is 14.6. The molecule has 2 rings (SSSR count). The lowest BCUT2D eigenvalue weighted by Crippen LogP contribution is -2.53. The van der Waals surface area contributed by atoms with Gasteiger partial charge in [0.15, 0.2) is 0 Å². The fourth-order valence-electron chi connectivity index (χ4n) is 3.83. The van der Waals surface area contributed by atoms with Crippen LogP contribution in [0.2, 0.25) is 0 Å². The Morgan fingerprint density at radius 3 is 2.10 bits per heavy atom. The molecule has 0 radical (unpaired) electrons. The first-order valence-electron chi connectivity index (χ1n) is 8.31. The van der Waals surface area contributed by atoms with Crippen molar-refractivity contribution < 1.29 is 9.90 Å². The molecule has 20 heavy (non-hydrogen) atoms. The van der Waals surface area contributed by atoms with E-state index in [1.54, 1.807) is 0 Å². The summed E-state index contributed by atoms with van der Waals surface area (Å²) in [4.78, 5) is 16.6. The van der Waals surface area contributed by atoms with Crippen LogP contribution in [0.25, 0.3) is 0 Å². The van der Waals surface area contributed by atoms with Crippen molar-refractivity contribution in [3.05, 3.63) is 0 Å². The second-order valence-corrected chi connectivity index (χ2v) is 6.54. The van der Waals surface area contributed by atoms with Gasteiger partial charge in [0, 0.05) is 38.8 Å². The summed E-state index contributed by atoms with van der Waals surface area (Å²) >= 11 is 0. The molecule has 1 heterocycles. The summed E-state index contributed by atoms with van der Waals surface area (Å²) in [5.41, 5.74) is -0.546. The van der Waals surface area contributed by atoms with Crippen molar-refractivity contribution in [3.8, 4) is 0 Å². The maximum absolute atomic E-state index is 11.6. The van der Waals surface area contributed by atoms with Crippen LogP contribution < -0.4 is 0 Å². The van der Waals surface area contributed by atoms with Gasteiger partial charge in [-0.05, 0) is 25.7 Å². The van der Waals surface area contributed by atoms with Crippen LogP contribution in [-0.2, 0) is 4.79 Å². The van der Waals surface area contributed by atoms with Gasteiger partial charge in [0.05, 0.1) is 5.41 Å². The number of carboxylic acids is 1. The van der Waals surface area contributed by atoms with E-state index in [1.807, 2.05) is 13.8 Å². The van der Waals surface area contributed by atoms with Gasteiger partial charge in [-0.2, -0.15) is 0 Å². The second kappa shape index (κ2) is 6.90. The molecular formula is C16H30N2O2. The normalized spacial score (nSPS) is 23.3.